The highest BCUT2D eigenvalue weighted by molar-refractivity contribution is 9.10. The smallest absolute Gasteiger partial charge is 0.395 e. The summed E-state index contributed by atoms with van der Waals surface area (Å²) in [6.07, 6.45) is -4.49. The maximum atomic E-state index is 12.4. The van der Waals surface area contributed by atoms with E-state index >= 15 is 0 Å². The zero-order chi connectivity index (χ0) is 14.6. The molecule has 0 saturated carbocycles. The van der Waals surface area contributed by atoms with E-state index in [1.807, 2.05) is 0 Å². The van der Waals surface area contributed by atoms with Gasteiger partial charge in [0.25, 0.3) is 5.91 Å². The van der Waals surface area contributed by atoms with E-state index in [-0.39, 0.29) is 12.1 Å². The molecular formula is C12H13BrF3NO2. The van der Waals surface area contributed by atoms with Crippen molar-refractivity contribution in [1.82, 2.24) is 4.90 Å². The van der Waals surface area contributed by atoms with Crippen LogP contribution in [0.25, 0.3) is 0 Å². The minimum Gasteiger partial charge on any atom is -0.395 e. The van der Waals surface area contributed by atoms with Gasteiger partial charge in [-0.05, 0) is 24.6 Å². The standard InChI is InChI=1S/C12H13BrF3NO2/c1-8-2-3-9(6-10(8)13)11(19)17(4-5-18)7-12(14,15)16/h2-3,6,18H,4-5,7H2,1H3. The van der Waals surface area contributed by atoms with Crippen LogP contribution in [0.4, 0.5) is 13.2 Å². The van der Waals surface area contributed by atoms with Gasteiger partial charge in [-0.25, -0.2) is 0 Å². The number of amides is 1. The van der Waals surface area contributed by atoms with Crippen molar-refractivity contribution >= 4 is 21.8 Å². The Hall–Kier alpha value is -1.08. The summed E-state index contributed by atoms with van der Waals surface area (Å²) >= 11 is 3.22. The lowest BCUT2D eigenvalue weighted by Gasteiger charge is -2.23. The van der Waals surface area contributed by atoms with Gasteiger partial charge in [0.05, 0.1) is 6.61 Å². The van der Waals surface area contributed by atoms with Crippen LogP contribution in [-0.2, 0) is 0 Å². The molecule has 0 saturated heterocycles. The molecule has 0 bridgehead atoms. The molecule has 1 aromatic carbocycles. The molecule has 7 heteroatoms. The lowest BCUT2D eigenvalue weighted by molar-refractivity contribution is -0.141. The Labute approximate surface area is 117 Å². The van der Waals surface area contributed by atoms with Crippen LogP contribution < -0.4 is 0 Å². The van der Waals surface area contributed by atoms with Crippen LogP contribution in [0.15, 0.2) is 22.7 Å². The van der Waals surface area contributed by atoms with Crippen LogP contribution in [0.2, 0.25) is 0 Å². The SMILES string of the molecule is Cc1ccc(C(=O)N(CCO)CC(F)(F)F)cc1Br. The number of aliphatic hydroxyl groups is 1. The first-order chi connectivity index (χ1) is 8.74. The normalized spacial score (nSPS) is 11.5. The maximum absolute atomic E-state index is 12.4. The molecule has 0 spiro atoms. The first-order valence-electron chi connectivity index (χ1n) is 5.47. The molecule has 0 heterocycles. The van der Waals surface area contributed by atoms with Gasteiger partial charge in [0.1, 0.15) is 6.54 Å². The van der Waals surface area contributed by atoms with Crippen molar-refractivity contribution in [2.75, 3.05) is 19.7 Å². The third kappa shape index (κ3) is 4.83. The van der Waals surface area contributed by atoms with Crippen molar-refractivity contribution in [3.63, 3.8) is 0 Å². The Bertz CT molecular complexity index is 463. The van der Waals surface area contributed by atoms with Gasteiger partial charge in [0.15, 0.2) is 0 Å². The summed E-state index contributed by atoms with van der Waals surface area (Å²) in [6, 6.07) is 4.57. The minimum absolute atomic E-state index is 0.148. The third-order valence-electron chi connectivity index (χ3n) is 2.45. The summed E-state index contributed by atoms with van der Waals surface area (Å²) in [7, 11) is 0. The van der Waals surface area contributed by atoms with E-state index < -0.39 is 25.2 Å². The number of hydrogen-bond donors (Lipinski definition) is 1. The lowest BCUT2D eigenvalue weighted by Crippen LogP contribution is -2.40. The summed E-state index contributed by atoms with van der Waals surface area (Å²) < 4.78 is 37.7. The first kappa shape index (κ1) is 16.0. The second-order valence-electron chi connectivity index (χ2n) is 4.03. The Morgan fingerprint density at radius 2 is 2.05 bits per heavy atom. The van der Waals surface area contributed by atoms with Crippen molar-refractivity contribution in [3.05, 3.63) is 33.8 Å². The predicted octanol–water partition coefficient (Wildman–Crippen LogP) is 2.75. The Balaban J connectivity index is 2.95. The number of nitrogens with zero attached hydrogens (tertiary/aromatic N) is 1. The number of benzene rings is 1. The molecule has 1 N–H and O–H groups in total. The van der Waals surface area contributed by atoms with Gasteiger partial charge in [-0.15, -0.1) is 0 Å². The summed E-state index contributed by atoms with van der Waals surface area (Å²) in [5, 5.41) is 8.76. The second-order valence-corrected chi connectivity index (χ2v) is 4.88. The molecule has 0 fully saturated rings. The van der Waals surface area contributed by atoms with E-state index in [9.17, 15) is 18.0 Å². The van der Waals surface area contributed by atoms with Crippen molar-refractivity contribution in [2.24, 2.45) is 0 Å². The van der Waals surface area contributed by atoms with Crippen LogP contribution in [0, 0.1) is 6.92 Å². The van der Waals surface area contributed by atoms with Crippen molar-refractivity contribution in [1.29, 1.82) is 0 Å². The quantitative estimate of drug-likeness (QED) is 0.916. The lowest BCUT2D eigenvalue weighted by atomic mass is 10.1. The molecule has 106 valence electrons. The number of aliphatic hydroxyl groups excluding tert-OH is 1. The fourth-order valence-electron chi connectivity index (χ4n) is 1.50. The van der Waals surface area contributed by atoms with Gasteiger partial charge in [-0.3, -0.25) is 4.79 Å². The predicted molar refractivity (Wildman–Crippen MR) is 67.9 cm³/mol. The largest absolute Gasteiger partial charge is 0.406 e. The maximum Gasteiger partial charge on any atom is 0.406 e. The molecule has 0 atom stereocenters. The zero-order valence-electron chi connectivity index (χ0n) is 10.2. The van der Waals surface area contributed by atoms with Gasteiger partial charge >= 0.3 is 6.18 Å². The molecule has 0 unspecified atom stereocenters. The first-order valence-corrected chi connectivity index (χ1v) is 6.27. The van der Waals surface area contributed by atoms with E-state index in [4.69, 9.17) is 5.11 Å². The van der Waals surface area contributed by atoms with Crippen LogP contribution >= 0.6 is 15.9 Å². The van der Waals surface area contributed by atoms with E-state index in [0.717, 1.165) is 5.56 Å². The average molecular weight is 340 g/mol. The molecule has 0 radical (unpaired) electrons. The van der Waals surface area contributed by atoms with Gasteiger partial charge in [0.2, 0.25) is 0 Å². The number of hydrogen-bond acceptors (Lipinski definition) is 2. The van der Waals surface area contributed by atoms with E-state index in [1.54, 1.807) is 13.0 Å². The number of aryl methyl sites for hydroxylation is 1. The molecule has 1 amide bonds. The number of carbonyl (C=O) groups excluding carboxylic acids is 1. The summed E-state index contributed by atoms with van der Waals surface area (Å²) in [6.45, 7) is -0.448. The molecule has 0 aliphatic carbocycles. The van der Waals surface area contributed by atoms with Crippen LogP contribution in [0.5, 0.6) is 0 Å². The van der Waals surface area contributed by atoms with Gasteiger partial charge in [-0.2, -0.15) is 13.2 Å². The Morgan fingerprint density at radius 3 is 2.53 bits per heavy atom. The fourth-order valence-corrected chi connectivity index (χ4v) is 1.88. The zero-order valence-corrected chi connectivity index (χ0v) is 11.8. The summed E-state index contributed by atoms with van der Waals surface area (Å²) in [4.78, 5) is 12.6. The molecule has 0 aliphatic rings. The van der Waals surface area contributed by atoms with E-state index in [1.165, 1.54) is 12.1 Å². The molecule has 0 aliphatic heterocycles. The van der Waals surface area contributed by atoms with Gasteiger partial charge in [-0.1, -0.05) is 22.0 Å². The molecule has 3 nitrogen and oxygen atoms in total. The number of alkyl halides is 3. The third-order valence-corrected chi connectivity index (χ3v) is 3.30. The topological polar surface area (TPSA) is 40.5 Å². The number of halogens is 4. The number of carbonyl (C=O) groups is 1. The summed E-state index contributed by atoms with van der Waals surface area (Å²) in [5.41, 5.74) is 1.02. The second kappa shape index (κ2) is 6.38. The Kier molecular flexibility index (Phi) is 5.37. The molecule has 1 rings (SSSR count). The fraction of sp³-hybridized carbons (Fsp3) is 0.417. The van der Waals surface area contributed by atoms with Gasteiger partial charge < -0.3 is 10.0 Å². The highest BCUT2D eigenvalue weighted by Gasteiger charge is 2.33. The molecule has 19 heavy (non-hydrogen) atoms. The van der Waals surface area contributed by atoms with Gasteiger partial charge in [0, 0.05) is 16.6 Å². The monoisotopic (exact) mass is 339 g/mol. The minimum atomic E-state index is -4.49. The average Bonchev–Trinajstić information content (AvgIpc) is 2.29. The van der Waals surface area contributed by atoms with Crippen molar-refractivity contribution in [2.45, 2.75) is 13.1 Å². The molecular weight excluding hydrogens is 327 g/mol. The highest BCUT2D eigenvalue weighted by Crippen LogP contribution is 2.21. The van der Waals surface area contributed by atoms with Crippen LogP contribution in [-0.4, -0.2) is 41.8 Å². The van der Waals surface area contributed by atoms with Crippen LogP contribution in [0.1, 0.15) is 15.9 Å². The number of rotatable bonds is 4. The Morgan fingerprint density at radius 1 is 1.42 bits per heavy atom. The van der Waals surface area contributed by atoms with E-state index in [2.05, 4.69) is 15.9 Å². The van der Waals surface area contributed by atoms with Crippen LogP contribution in [0.3, 0.4) is 0 Å². The molecule has 0 aromatic heterocycles. The molecule has 1 aromatic rings. The summed E-state index contributed by atoms with van der Waals surface area (Å²) in [5.74, 6) is -0.757. The van der Waals surface area contributed by atoms with Crippen molar-refractivity contribution in [3.8, 4) is 0 Å². The van der Waals surface area contributed by atoms with E-state index in [0.29, 0.717) is 9.37 Å². The highest BCUT2D eigenvalue weighted by atomic mass is 79.9. The van der Waals surface area contributed by atoms with Crippen molar-refractivity contribution < 1.29 is 23.1 Å².